The van der Waals surface area contributed by atoms with Gasteiger partial charge in [-0.05, 0) is 30.5 Å². The molecule has 0 spiro atoms. The third-order valence-electron chi connectivity index (χ3n) is 4.53. The fraction of sp³-hybridized carbons (Fsp3) is 0.412. The van der Waals surface area contributed by atoms with Crippen molar-refractivity contribution < 1.29 is 18.7 Å². The van der Waals surface area contributed by atoms with Crippen molar-refractivity contribution in [2.75, 3.05) is 20.3 Å². The normalized spacial score (nSPS) is 16.4. The number of methoxy groups -OCH3 is 1. The van der Waals surface area contributed by atoms with E-state index in [1.54, 1.807) is 12.1 Å². The molecule has 7 nitrogen and oxygen atoms in total. The van der Waals surface area contributed by atoms with E-state index in [0.717, 1.165) is 0 Å². The SMILES string of the molecule is COc1ccc(C2(NC(=O)c3cc(=O)n(C)[nH]3)CCOCC2)cc1F. The highest BCUT2D eigenvalue weighted by Crippen LogP contribution is 2.34. The number of H-pyrrole nitrogens is 1. The first-order valence-corrected chi connectivity index (χ1v) is 7.95. The van der Waals surface area contributed by atoms with Crippen molar-refractivity contribution in [1.29, 1.82) is 0 Å². The van der Waals surface area contributed by atoms with Crippen LogP contribution in [0.3, 0.4) is 0 Å². The predicted molar refractivity (Wildman–Crippen MR) is 88.2 cm³/mol. The van der Waals surface area contributed by atoms with E-state index in [2.05, 4.69) is 10.4 Å². The summed E-state index contributed by atoms with van der Waals surface area (Å²) in [5.74, 6) is -0.770. The molecular weight excluding hydrogens is 329 g/mol. The molecule has 1 saturated heterocycles. The number of ether oxygens (including phenoxy) is 2. The van der Waals surface area contributed by atoms with E-state index in [-0.39, 0.29) is 17.0 Å². The summed E-state index contributed by atoms with van der Waals surface area (Å²) in [5.41, 5.74) is -0.274. The average Bonchev–Trinajstić information content (AvgIpc) is 2.95. The van der Waals surface area contributed by atoms with E-state index in [9.17, 15) is 14.0 Å². The summed E-state index contributed by atoms with van der Waals surface area (Å²) in [5, 5.41) is 5.66. The second kappa shape index (κ2) is 6.72. The fourth-order valence-corrected chi connectivity index (χ4v) is 3.06. The van der Waals surface area contributed by atoms with Crippen LogP contribution in [-0.4, -0.2) is 36.0 Å². The molecular formula is C17H20FN3O4. The van der Waals surface area contributed by atoms with Gasteiger partial charge in [0.1, 0.15) is 5.69 Å². The predicted octanol–water partition coefficient (Wildman–Crippen LogP) is 1.30. The van der Waals surface area contributed by atoms with Crippen molar-refractivity contribution in [3.05, 3.63) is 51.7 Å². The zero-order valence-corrected chi connectivity index (χ0v) is 14.1. The Morgan fingerprint density at radius 2 is 2.08 bits per heavy atom. The molecule has 1 aromatic heterocycles. The molecule has 1 aliphatic rings. The third kappa shape index (κ3) is 3.30. The minimum Gasteiger partial charge on any atom is -0.494 e. The van der Waals surface area contributed by atoms with E-state index in [0.29, 0.717) is 31.6 Å². The first-order chi connectivity index (χ1) is 11.9. The number of hydrogen-bond donors (Lipinski definition) is 2. The smallest absolute Gasteiger partial charge is 0.270 e. The van der Waals surface area contributed by atoms with Crippen LogP contribution in [0.1, 0.15) is 28.9 Å². The molecule has 134 valence electrons. The summed E-state index contributed by atoms with van der Waals surface area (Å²) >= 11 is 0. The number of nitrogens with zero attached hydrogens (tertiary/aromatic N) is 1. The summed E-state index contributed by atoms with van der Waals surface area (Å²) in [4.78, 5) is 24.2. The van der Waals surface area contributed by atoms with Gasteiger partial charge in [0.25, 0.3) is 11.5 Å². The summed E-state index contributed by atoms with van der Waals surface area (Å²) in [7, 11) is 2.93. The van der Waals surface area contributed by atoms with Crippen LogP contribution in [0.4, 0.5) is 4.39 Å². The van der Waals surface area contributed by atoms with Crippen molar-refractivity contribution in [2.45, 2.75) is 18.4 Å². The summed E-state index contributed by atoms with van der Waals surface area (Å²) in [6, 6.07) is 5.88. The lowest BCUT2D eigenvalue weighted by Gasteiger charge is -2.38. The number of carbonyl (C=O) groups is 1. The van der Waals surface area contributed by atoms with Gasteiger partial charge in [-0.2, -0.15) is 0 Å². The second-order valence-corrected chi connectivity index (χ2v) is 6.06. The molecule has 0 aliphatic carbocycles. The molecule has 25 heavy (non-hydrogen) atoms. The molecule has 0 saturated carbocycles. The molecule has 0 bridgehead atoms. The van der Waals surface area contributed by atoms with Crippen LogP contribution in [0.2, 0.25) is 0 Å². The minimum atomic E-state index is -0.769. The molecule has 2 N–H and O–H groups in total. The molecule has 2 aromatic rings. The summed E-state index contributed by atoms with van der Waals surface area (Å²) < 4.78 is 25.8. The molecule has 3 rings (SSSR count). The Morgan fingerprint density at radius 1 is 1.36 bits per heavy atom. The topological polar surface area (TPSA) is 85.4 Å². The Hall–Kier alpha value is -2.61. The van der Waals surface area contributed by atoms with Crippen LogP contribution in [0.15, 0.2) is 29.1 Å². The van der Waals surface area contributed by atoms with Crippen molar-refractivity contribution in [2.24, 2.45) is 7.05 Å². The van der Waals surface area contributed by atoms with Gasteiger partial charge in [-0.25, -0.2) is 4.39 Å². The number of halogens is 1. The molecule has 0 unspecified atom stereocenters. The number of benzene rings is 1. The van der Waals surface area contributed by atoms with Crippen LogP contribution in [-0.2, 0) is 17.3 Å². The Bertz CT molecular complexity index is 837. The van der Waals surface area contributed by atoms with Gasteiger partial charge in [0, 0.05) is 26.3 Å². The standard InChI is InChI=1S/C17H20FN3O4/c1-21-15(22)10-13(20-21)16(23)19-17(5-7-25-8-6-17)11-3-4-14(24-2)12(18)9-11/h3-4,9-10,20H,5-8H2,1-2H3,(H,19,23). The number of carbonyl (C=O) groups excluding carboxylic acids is 1. The van der Waals surface area contributed by atoms with Gasteiger partial charge in [0.15, 0.2) is 11.6 Å². The molecule has 1 aromatic carbocycles. The molecule has 2 heterocycles. The quantitative estimate of drug-likeness (QED) is 0.871. The summed E-state index contributed by atoms with van der Waals surface area (Å²) in [6.07, 6.45) is 1.00. The first-order valence-electron chi connectivity index (χ1n) is 7.95. The number of rotatable bonds is 4. The van der Waals surface area contributed by atoms with Gasteiger partial charge in [-0.3, -0.25) is 19.4 Å². The maximum atomic E-state index is 14.2. The van der Waals surface area contributed by atoms with Gasteiger partial charge in [0.2, 0.25) is 0 Å². The van der Waals surface area contributed by atoms with Crippen molar-refractivity contribution in [3.8, 4) is 5.75 Å². The fourth-order valence-electron chi connectivity index (χ4n) is 3.06. The first kappa shape index (κ1) is 17.2. The monoisotopic (exact) mass is 349 g/mol. The number of aromatic nitrogens is 2. The van der Waals surface area contributed by atoms with Gasteiger partial charge in [0.05, 0.1) is 12.6 Å². The maximum Gasteiger partial charge on any atom is 0.270 e. The van der Waals surface area contributed by atoms with Crippen LogP contribution in [0, 0.1) is 5.82 Å². The van der Waals surface area contributed by atoms with Gasteiger partial charge < -0.3 is 14.8 Å². The van der Waals surface area contributed by atoms with Gasteiger partial charge >= 0.3 is 0 Å². The molecule has 0 radical (unpaired) electrons. The molecule has 0 atom stereocenters. The van der Waals surface area contributed by atoms with E-state index < -0.39 is 17.3 Å². The maximum absolute atomic E-state index is 14.2. The number of amides is 1. The zero-order valence-electron chi connectivity index (χ0n) is 14.1. The van der Waals surface area contributed by atoms with Crippen LogP contribution in [0.5, 0.6) is 5.75 Å². The van der Waals surface area contributed by atoms with E-state index in [1.807, 2.05) is 0 Å². The Kier molecular flexibility index (Phi) is 4.63. The highest BCUT2D eigenvalue weighted by atomic mass is 19.1. The van der Waals surface area contributed by atoms with E-state index in [1.165, 1.54) is 31.0 Å². The van der Waals surface area contributed by atoms with E-state index in [4.69, 9.17) is 9.47 Å². The molecule has 1 amide bonds. The number of aromatic amines is 1. The number of aryl methyl sites for hydroxylation is 1. The van der Waals surface area contributed by atoms with Crippen molar-refractivity contribution in [3.63, 3.8) is 0 Å². The van der Waals surface area contributed by atoms with Crippen LogP contribution >= 0.6 is 0 Å². The number of nitrogens with one attached hydrogen (secondary N) is 2. The lowest BCUT2D eigenvalue weighted by Crippen LogP contribution is -2.49. The Morgan fingerprint density at radius 3 is 2.64 bits per heavy atom. The van der Waals surface area contributed by atoms with Gasteiger partial charge in [-0.15, -0.1) is 0 Å². The lowest BCUT2D eigenvalue weighted by molar-refractivity contribution is 0.0342. The number of hydrogen-bond acceptors (Lipinski definition) is 4. The highest BCUT2D eigenvalue weighted by molar-refractivity contribution is 5.92. The van der Waals surface area contributed by atoms with Crippen LogP contribution in [0.25, 0.3) is 0 Å². The van der Waals surface area contributed by atoms with Crippen molar-refractivity contribution >= 4 is 5.91 Å². The summed E-state index contributed by atoms with van der Waals surface area (Å²) in [6.45, 7) is 0.887. The molecule has 8 heteroatoms. The van der Waals surface area contributed by atoms with E-state index >= 15 is 0 Å². The van der Waals surface area contributed by atoms with Crippen molar-refractivity contribution in [1.82, 2.24) is 15.1 Å². The third-order valence-corrected chi connectivity index (χ3v) is 4.53. The Balaban J connectivity index is 1.94. The van der Waals surface area contributed by atoms with Gasteiger partial charge in [-0.1, -0.05) is 6.07 Å². The highest BCUT2D eigenvalue weighted by Gasteiger charge is 2.37. The second-order valence-electron chi connectivity index (χ2n) is 6.06. The zero-order chi connectivity index (χ0) is 18.0. The average molecular weight is 349 g/mol. The largest absolute Gasteiger partial charge is 0.494 e. The minimum absolute atomic E-state index is 0.143. The van der Waals surface area contributed by atoms with Crippen LogP contribution < -0.4 is 15.6 Å². The Labute approximate surface area is 143 Å². The molecule has 1 aliphatic heterocycles. The lowest BCUT2D eigenvalue weighted by atomic mass is 9.82. The molecule has 1 fully saturated rings.